The molecule has 0 bridgehead atoms. The third-order valence-corrected chi connectivity index (χ3v) is 5.81. The summed E-state index contributed by atoms with van der Waals surface area (Å²) in [4.78, 5) is 41.7. The SMILES string of the molecule is CCC(C(=O)[O-])C(=O)CC(F)(F)F.CCC(C(=O)[O-])C(=O)CC(F)(F)F.CCCC[O][Zr+2][O]CCCC. The maximum atomic E-state index is 11.6. The second-order valence-electron chi connectivity index (χ2n) is 7.56. The van der Waals surface area contributed by atoms with E-state index in [1.54, 1.807) is 0 Å². The van der Waals surface area contributed by atoms with Gasteiger partial charge in [-0.05, 0) is 12.8 Å². The van der Waals surface area contributed by atoms with Crippen molar-refractivity contribution in [2.75, 3.05) is 13.2 Å². The molecule has 8 nitrogen and oxygen atoms in total. The molecule has 2 unspecified atom stereocenters. The van der Waals surface area contributed by atoms with Gasteiger partial charge in [-0.2, -0.15) is 26.3 Å². The van der Waals surface area contributed by atoms with E-state index in [-0.39, 0.29) is 12.8 Å². The van der Waals surface area contributed by atoms with Crippen molar-refractivity contribution in [1.82, 2.24) is 0 Å². The summed E-state index contributed by atoms with van der Waals surface area (Å²) in [7, 11) is 0. The first-order chi connectivity index (χ1) is 17.0. The third kappa shape index (κ3) is 27.5. The van der Waals surface area contributed by atoms with Crippen molar-refractivity contribution in [2.24, 2.45) is 11.8 Å². The van der Waals surface area contributed by atoms with Gasteiger partial charge in [-0.1, -0.05) is 13.8 Å². The Balaban J connectivity index is -0.000000471. The number of carboxylic acid groups (broad SMARTS) is 2. The van der Waals surface area contributed by atoms with Crippen molar-refractivity contribution >= 4 is 23.5 Å². The Morgan fingerprint density at radius 2 is 0.973 bits per heavy atom. The predicted octanol–water partition coefficient (Wildman–Crippen LogP) is 3.10. The number of carboxylic acids is 2. The fourth-order valence-corrected chi connectivity index (χ4v) is 3.58. The van der Waals surface area contributed by atoms with Gasteiger partial charge in [-0.25, -0.2) is 0 Å². The average Bonchev–Trinajstić information content (AvgIpc) is 2.72. The van der Waals surface area contributed by atoms with Crippen LogP contribution in [0, 0.1) is 11.8 Å². The van der Waals surface area contributed by atoms with Crippen LogP contribution in [0.25, 0.3) is 0 Å². The van der Waals surface area contributed by atoms with Gasteiger partial charge in [-0.3, -0.25) is 9.59 Å². The minimum absolute atomic E-state index is 0.183. The Morgan fingerprint density at radius 1 is 0.676 bits per heavy atom. The molecular weight excluding hydrogens is 597 g/mol. The Kier molecular flexibility index (Phi) is 24.6. The number of carbonyl (C=O) groups is 4. The van der Waals surface area contributed by atoms with E-state index < -0.39 is 84.7 Å². The van der Waals surface area contributed by atoms with Gasteiger partial charge >= 0.3 is 94.8 Å². The van der Waals surface area contributed by atoms with E-state index in [9.17, 15) is 55.7 Å². The number of aliphatic carboxylic acids is 2. The van der Waals surface area contributed by atoms with E-state index in [0.717, 1.165) is 13.2 Å². The fourth-order valence-electron chi connectivity index (χ4n) is 2.25. The molecule has 0 heterocycles. The molecule has 0 rings (SSSR count). The molecule has 0 aromatic heterocycles. The minimum atomic E-state index is -4.65. The van der Waals surface area contributed by atoms with Gasteiger partial charge in [0, 0.05) is 0 Å². The van der Waals surface area contributed by atoms with Crippen LogP contribution in [0.5, 0.6) is 0 Å². The van der Waals surface area contributed by atoms with Crippen molar-refractivity contribution in [3.05, 3.63) is 0 Å². The average molecular weight is 632 g/mol. The van der Waals surface area contributed by atoms with Crippen LogP contribution in [0.1, 0.15) is 79.1 Å². The topological polar surface area (TPSA) is 133 Å². The summed E-state index contributed by atoms with van der Waals surface area (Å²) < 4.78 is 80.5. The van der Waals surface area contributed by atoms with Gasteiger partial charge in [-0.15, -0.1) is 0 Å². The van der Waals surface area contributed by atoms with Crippen molar-refractivity contribution in [3.8, 4) is 0 Å². The van der Waals surface area contributed by atoms with Crippen LogP contribution in [-0.2, 0) is 48.9 Å². The van der Waals surface area contributed by atoms with Crippen LogP contribution in [-0.4, -0.2) is 49.1 Å². The quantitative estimate of drug-likeness (QED) is 0.144. The summed E-state index contributed by atoms with van der Waals surface area (Å²) in [5, 5.41) is 20.3. The molecule has 0 aliphatic rings. The summed E-state index contributed by atoms with van der Waals surface area (Å²) in [5.41, 5.74) is 0. The summed E-state index contributed by atoms with van der Waals surface area (Å²) in [6, 6.07) is 0. The standard InChI is InChI=1S/2C7H9F3O3.2C4H9O.Zr/c2*1-2-4(6(12)13)5(11)3-7(8,9)10;2*1-2-3-4-5;/h2*4H,2-3H2,1H3,(H,12,13);2*2-4H2,1H3;/q;;2*-1;+4/p-2. The van der Waals surface area contributed by atoms with Crippen LogP contribution >= 0.6 is 0 Å². The molecule has 0 saturated carbocycles. The first-order valence-corrected chi connectivity index (χ1v) is 13.6. The molecule has 2 atom stereocenters. The zero-order chi connectivity index (χ0) is 29.7. The molecule has 0 fully saturated rings. The first kappa shape index (κ1) is 40.2. The molecule has 0 aliphatic heterocycles. The van der Waals surface area contributed by atoms with Gasteiger partial charge in [0.25, 0.3) is 0 Å². The number of Topliss-reactive ketones (excluding diaryl/α,β-unsaturated/α-hetero) is 2. The van der Waals surface area contributed by atoms with Crippen molar-refractivity contribution in [2.45, 2.75) is 91.4 Å². The molecule has 37 heavy (non-hydrogen) atoms. The van der Waals surface area contributed by atoms with E-state index in [2.05, 4.69) is 13.8 Å². The van der Waals surface area contributed by atoms with Gasteiger partial charge in [0.2, 0.25) is 0 Å². The molecule has 15 heteroatoms. The maximum absolute atomic E-state index is 11.6. The van der Waals surface area contributed by atoms with Crippen LogP contribution in [0.3, 0.4) is 0 Å². The van der Waals surface area contributed by atoms with Gasteiger partial charge in [0.05, 0.1) is 23.8 Å². The molecule has 0 radical (unpaired) electrons. The number of ketones is 2. The van der Waals surface area contributed by atoms with Gasteiger partial charge in [0.1, 0.15) is 12.8 Å². The number of rotatable bonds is 16. The Hall–Kier alpha value is -1.34. The summed E-state index contributed by atoms with van der Waals surface area (Å²) in [6.45, 7) is 8.80. The van der Waals surface area contributed by atoms with Crippen molar-refractivity contribution in [3.63, 3.8) is 0 Å². The van der Waals surface area contributed by atoms with E-state index >= 15 is 0 Å². The number of unbranched alkanes of at least 4 members (excludes halogenated alkanes) is 2. The second-order valence-corrected chi connectivity index (χ2v) is 9.39. The van der Waals surface area contributed by atoms with Crippen LogP contribution in [0.2, 0.25) is 0 Å². The third-order valence-electron chi connectivity index (χ3n) is 4.23. The normalized spacial score (nSPS) is 12.6. The molecule has 0 aromatic carbocycles. The number of alkyl halides is 6. The number of hydrogen-bond donors (Lipinski definition) is 0. The Labute approximate surface area is 225 Å². The van der Waals surface area contributed by atoms with Crippen LogP contribution in [0.15, 0.2) is 0 Å². The van der Waals surface area contributed by atoms with Crippen molar-refractivity contribution < 1.29 is 85.5 Å². The van der Waals surface area contributed by atoms with E-state index in [1.807, 2.05) is 0 Å². The second kappa shape index (κ2) is 22.6. The molecule has 0 spiro atoms. The monoisotopic (exact) mass is 630 g/mol. The number of halogens is 6. The predicted molar refractivity (Wildman–Crippen MR) is 111 cm³/mol. The fraction of sp³-hybridized carbons (Fsp3) is 0.818. The van der Waals surface area contributed by atoms with E-state index in [0.29, 0.717) is 0 Å². The van der Waals surface area contributed by atoms with Crippen LogP contribution in [0.4, 0.5) is 26.3 Å². The zero-order valence-corrected chi connectivity index (χ0v) is 23.7. The number of hydrogen-bond acceptors (Lipinski definition) is 8. The van der Waals surface area contributed by atoms with E-state index in [4.69, 9.17) is 5.63 Å². The van der Waals surface area contributed by atoms with Gasteiger partial charge < -0.3 is 19.8 Å². The molecule has 0 amide bonds. The molecular formula is C22H34F6O8Zr. The molecule has 216 valence electrons. The Bertz CT molecular complexity index is 602. The van der Waals surface area contributed by atoms with Gasteiger partial charge in [0.15, 0.2) is 11.6 Å². The summed E-state index contributed by atoms with van der Waals surface area (Å²) >= 11 is -0.876. The first-order valence-electron chi connectivity index (χ1n) is 11.6. The molecule has 0 aromatic rings. The molecule has 0 saturated heterocycles. The molecule has 0 N–H and O–H groups in total. The van der Waals surface area contributed by atoms with Crippen molar-refractivity contribution in [1.29, 1.82) is 0 Å². The van der Waals surface area contributed by atoms with Crippen LogP contribution < -0.4 is 10.2 Å². The molecule has 0 aliphatic carbocycles. The zero-order valence-electron chi connectivity index (χ0n) is 21.3. The summed E-state index contributed by atoms with van der Waals surface area (Å²) in [6.07, 6.45) is -8.30. The Morgan fingerprint density at radius 3 is 1.16 bits per heavy atom. The number of carbonyl (C=O) groups excluding carboxylic acids is 4. The van der Waals surface area contributed by atoms with E-state index in [1.165, 1.54) is 39.5 Å². The summed E-state index contributed by atoms with van der Waals surface area (Å²) in [5.74, 6) is -9.51.